The monoisotopic (exact) mass is 410 g/mol. The van der Waals surface area contributed by atoms with E-state index in [0.29, 0.717) is 18.0 Å². The molecule has 7 nitrogen and oxygen atoms in total. The van der Waals surface area contributed by atoms with Crippen molar-refractivity contribution in [2.24, 2.45) is 0 Å². The third-order valence-electron chi connectivity index (χ3n) is 5.10. The van der Waals surface area contributed by atoms with Crippen LogP contribution in [0, 0.1) is 0 Å². The third kappa shape index (κ3) is 4.62. The zero-order valence-corrected chi connectivity index (χ0v) is 17.6. The Labute approximate surface area is 176 Å². The Bertz CT molecular complexity index is 972. The van der Waals surface area contributed by atoms with Crippen molar-refractivity contribution < 1.29 is 23.9 Å². The number of nitrogens with zero attached hydrogens (tertiary/aromatic N) is 1. The van der Waals surface area contributed by atoms with E-state index in [1.807, 2.05) is 19.9 Å². The Morgan fingerprint density at radius 3 is 2.70 bits per heavy atom. The third-order valence-corrected chi connectivity index (χ3v) is 5.10. The Kier molecular flexibility index (Phi) is 6.40. The lowest BCUT2D eigenvalue weighted by Gasteiger charge is -2.28. The number of amides is 2. The molecule has 0 aliphatic carbocycles. The SMILES string of the molecule is CC[C@H](C)N1Cc2cc(NC(=O)c3ccccc3OC(C)=O)ccc2O[C@H](C)C1=O. The molecular weight excluding hydrogens is 384 g/mol. The van der Waals surface area contributed by atoms with E-state index in [1.54, 1.807) is 48.2 Å². The number of anilines is 1. The first-order chi connectivity index (χ1) is 14.3. The summed E-state index contributed by atoms with van der Waals surface area (Å²) in [6.45, 7) is 7.47. The highest BCUT2D eigenvalue weighted by molar-refractivity contribution is 6.06. The molecule has 0 fully saturated rings. The maximum absolute atomic E-state index is 12.8. The average Bonchev–Trinajstić information content (AvgIpc) is 2.83. The molecule has 30 heavy (non-hydrogen) atoms. The van der Waals surface area contributed by atoms with Gasteiger partial charge in [-0.05, 0) is 50.6 Å². The molecule has 0 unspecified atom stereocenters. The first-order valence-corrected chi connectivity index (χ1v) is 9.99. The highest BCUT2D eigenvalue weighted by Crippen LogP contribution is 2.30. The van der Waals surface area contributed by atoms with E-state index >= 15 is 0 Å². The van der Waals surface area contributed by atoms with E-state index in [0.717, 1.165) is 12.0 Å². The zero-order chi connectivity index (χ0) is 21.8. The summed E-state index contributed by atoms with van der Waals surface area (Å²) in [5.41, 5.74) is 1.63. The fourth-order valence-electron chi connectivity index (χ4n) is 3.32. The van der Waals surface area contributed by atoms with Crippen molar-refractivity contribution in [2.45, 2.75) is 52.8 Å². The minimum absolute atomic E-state index is 0.0542. The van der Waals surface area contributed by atoms with Gasteiger partial charge in [0.15, 0.2) is 6.10 Å². The second-order valence-corrected chi connectivity index (χ2v) is 7.35. The van der Waals surface area contributed by atoms with Crippen LogP contribution < -0.4 is 14.8 Å². The van der Waals surface area contributed by atoms with E-state index in [2.05, 4.69) is 5.32 Å². The molecule has 2 aromatic carbocycles. The summed E-state index contributed by atoms with van der Waals surface area (Å²) in [6.07, 6.45) is 0.258. The molecule has 0 aromatic heterocycles. The molecule has 2 aromatic rings. The van der Waals surface area contributed by atoms with Crippen LogP contribution >= 0.6 is 0 Å². The summed E-state index contributed by atoms with van der Waals surface area (Å²) in [7, 11) is 0. The maximum atomic E-state index is 12.8. The second kappa shape index (κ2) is 8.98. The van der Waals surface area contributed by atoms with Crippen molar-refractivity contribution in [2.75, 3.05) is 5.32 Å². The summed E-state index contributed by atoms with van der Waals surface area (Å²) in [6, 6.07) is 11.9. The van der Waals surface area contributed by atoms with Gasteiger partial charge in [-0.15, -0.1) is 0 Å². The van der Waals surface area contributed by atoms with Crippen LogP contribution in [0.1, 0.15) is 50.0 Å². The number of nitrogens with one attached hydrogen (secondary N) is 1. The molecule has 1 aliphatic heterocycles. The van der Waals surface area contributed by atoms with Crippen molar-refractivity contribution in [3.63, 3.8) is 0 Å². The number of ether oxygens (including phenoxy) is 2. The van der Waals surface area contributed by atoms with Gasteiger partial charge in [0.25, 0.3) is 11.8 Å². The van der Waals surface area contributed by atoms with Gasteiger partial charge in [-0.1, -0.05) is 19.1 Å². The zero-order valence-electron chi connectivity index (χ0n) is 17.6. The molecule has 158 valence electrons. The van der Waals surface area contributed by atoms with Gasteiger partial charge >= 0.3 is 5.97 Å². The van der Waals surface area contributed by atoms with E-state index in [9.17, 15) is 14.4 Å². The van der Waals surface area contributed by atoms with Gasteiger partial charge in [-0.2, -0.15) is 0 Å². The lowest BCUT2D eigenvalue weighted by Crippen LogP contribution is -2.42. The van der Waals surface area contributed by atoms with Crippen LogP contribution in [0.5, 0.6) is 11.5 Å². The maximum Gasteiger partial charge on any atom is 0.308 e. The van der Waals surface area contributed by atoms with Gasteiger partial charge in [-0.25, -0.2) is 0 Å². The minimum Gasteiger partial charge on any atom is -0.481 e. The molecule has 1 aliphatic rings. The molecule has 0 bridgehead atoms. The number of carbonyl (C=O) groups is 3. The minimum atomic E-state index is -0.573. The number of hydrogen-bond donors (Lipinski definition) is 1. The van der Waals surface area contributed by atoms with E-state index in [4.69, 9.17) is 9.47 Å². The van der Waals surface area contributed by atoms with Gasteiger partial charge in [-0.3, -0.25) is 14.4 Å². The number of esters is 1. The van der Waals surface area contributed by atoms with Crippen LogP contribution in [0.25, 0.3) is 0 Å². The summed E-state index contributed by atoms with van der Waals surface area (Å²) in [4.78, 5) is 38.6. The number of fused-ring (bicyclic) bond motifs is 1. The van der Waals surface area contributed by atoms with Crippen molar-refractivity contribution in [1.82, 2.24) is 4.90 Å². The van der Waals surface area contributed by atoms with Gasteiger partial charge in [0, 0.05) is 30.8 Å². The number of para-hydroxylation sites is 1. The van der Waals surface area contributed by atoms with Crippen molar-refractivity contribution in [1.29, 1.82) is 0 Å². The number of carbonyl (C=O) groups excluding carboxylic acids is 3. The predicted molar refractivity (Wildman–Crippen MR) is 113 cm³/mol. The lowest BCUT2D eigenvalue weighted by atomic mass is 10.1. The van der Waals surface area contributed by atoms with Crippen molar-refractivity contribution in [3.8, 4) is 11.5 Å². The summed E-state index contributed by atoms with van der Waals surface area (Å²) in [5.74, 6) is -0.129. The smallest absolute Gasteiger partial charge is 0.308 e. The molecule has 2 atom stereocenters. The molecule has 0 saturated carbocycles. The molecule has 1 N–H and O–H groups in total. The molecule has 3 rings (SSSR count). The van der Waals surface area contributed by atoms with Gasteiger partial charge in [0.2, 0.25) is 0 Å². The van der Waals surface area contributed by atoms with Crippen molar-refractivity contribution >= 4 is 23.5 Å². The van der Waals surface area contributed by atoms with Crippen LogP contribution in [0.3, 0.4) is 0 Å². The predicted octanol–water partition coefficient (Wildman–Crippen LogP) is 3.77. The second-order valence-electron chi connectivity index (χ2n) is 7.35. The van der Waals surface area contributed by atoms with Gasteiger partial charge in [0.05, 0.1) is 5.56 Å². The lowest BCUT2D eigenvalue weighted by molar-refractivity contribution is -0.139. The normalized spacial score (nSPS) is 16.7. The number of benzene rings is 2. The molecule has 1 heterocycles. The van der Waals surface area contributed by atoms with Crippen LogP contribution in [-0.4, -0.2) is 34.8 Å². The Morgan fingerprint density at radius 1 is 1.27 bits per heavy atom. The summed E-state index contributed by atoms with van der Waals surface area (Å²) < 4.78 is 11.0. The average molecular weight is 410 g/mol. The highest BCUT2D eigenvalue weighted by atomic mass is 16.5. The van der Waals surface area contributed by atoms with Gasteiger partial charge < -0.3 is 19.7 Å². The van der Waals surface area contributed by atoms with Crippen LogP contribution in [0.2, 0.25) is 0 Å². The van der Waals surface area contributed by atoms with E-state index < -0.39 is 18.0 Å². The van der Waals surface area contributed by atoms with Crippen LogP contribution in [0.4, 0.5) is 5.69 Å². The fourth-order valence-corrected chi connectivity index (χ4v) is 3.32. The molecule has 0 spiro atoms. The largest absolute Gasteiger partial charge is 0.481 e. The standard InChI is InChI=1S/C23H26N2O5/c1-5-14(2)25-13-17-12-18(10-11-20(17)29-15(3)23(25)28)24-22(27)19-8-6-7-9-21(19)30-16(4)26/h6-12,14-15H,5,13H2,1-4H3,(H,24,27)/t14-,15+/m0/s1. The number of hydrogen-bond acceptors (Lipinski definition) is 5. The molecule has 7 heteroatoms. The first-order valence-electron chi connectivity index (χ1n) is 9.99. The quantitative estimate of drug-likeness (QED) is 0.599. The number of rotatable bonds is 5. The molecular formula is C23H26N2O5. The highest BCUT2D eigenvalue weighted by Gasteiger charge is 2.30. The Morgan fingerprint density at radius 2 is 2.00 bits per heavy atom. The molecule has 0 saturated heterocycles. The topological polar surface area (TPSA) is 84.9 Å². The molecule has 0 radical (unpaired) electrons. The first kappa shape index (κ1) is 21.4. The van der Waals surface area contributed by atoms with E-state index in [-0.39, 0.29) is 23.3 Å². The Balaban J connectivity index is 1.86. The summed E-state index contributed by atoms with van der Waals surface area (Å²) >= 11 is 0. The van der Waals surface area contributed by atoms with E-state index in [1.165, 1.54) is 6.92 Å². The van der Waals surface area contributed by atoms with Crippen molar-refractivity contribution in [3.05, 3.63) is 53.6 Å². The van der Waals surface area contributed by atoms with Gasteiger partial charge in [0.1, 0.15) is 11.5 Å². The van der Waals surface area contributed by atoms with Crippen LogP contribution in [-0.2, 0) is 16.1 Å². The van der Waals surface area contributed by atoms with Crippen LogP contribution in [0.15, 0.2) is 42.5 Å². The molecule has 2 amide bonds. The summed E-state index contributed by atoms with van der Waals surface area (Å²) in [5, 5.41) is 2.83. The fraction of sp³-hybridized carbons (Fsp3) is 0.348. The Hall–Kier alpha value is -3.35.